The molecule has 1 aromatic carbocycles. The summed E-state index contributed by atoms with van der Waals surface area (Å²) in [7, 11) is 0. The number of morpholine rings is 1. The minimum Gasteiger partial charge on any atom is -0.491 e. The van der Waals surface area contributed by atoms with Gasteiger partial charge in [0.2, 0.25) is 0 Å². The van der Waals surface area contributed by atoms with Crippen molar-refractivity contribution >= 4 is 11.7 Å². The van der Waals surface area contributed by atoms with Crippen molar-refractivity contribution in [3.05, 3.63) is 48.2 Å². The van der Waals surface area contributed by atoms with Gasteiger partial charge in [-0.25, -0.2) is 0 Å². The zero-order chi connectivity index (χ0) is 17.9. The first-order chi connectivity index (χ1) is 11.9. The van der Waals surface area contributed by atoms with E-state index in [1.165, 1.54) is 0 Å². The van der Waals surface area contributed by atoms with Crippen LogP contribution in [0.15, 0.2) is 42.5 Å². The van der Waals surface area contributed by atoms with E-state index in [9.17, 15) is 4.79 Å². The van der Waals surface area contributed by atoms with Crippen LogP contribution in [0.3, 0.4) is 0 Å². The average Bonchev–Trinajstić information content (AvgIpc) is 2.59. The number of rotatable bonds is 5. The van der Waals surface area contributed by atoms with Gasteiger partial charge in [0, 0.05) is 13.1 Å². The summed E-state index contributed by atoms with van der Waals surface area (Å²) in [6, 6.07) is 13.0. The Balaban J connectivity index is 1.69. The van der Waals surface area contributed by atoms with Crippen LogP contribution in [0.4, 0.5) is 5.82 Å². The maximum absolute atomic E-state index is 11.1. The Bertz CT molecular complexity index is 719. The molecule has 132 valence electrons. The first kappa shape index (κ1) is 17.2. The summed E-state index contributed by atoms with van der Waals surface area (Å²) in [5.41, 5.74) is 5.01. The van der Waals surface area contributed by atoms with E-state index in [-0.39, 0.29) is 17.4 Å². The lowest BCUT2D eigenvalue weighted by Gasteiger charge is -2.43. The van der Waals surface area contributed by atoms with Crippen LogP contribution in [-0.2, 0) is 4.74 Å². The van der Waals surface area contributed by atoms with Crippen molar-refractivity contribution in [1.82, 2.24) is 10.2 Å². The molecular weight excluding hydrogens is 320 g/mol. The fourth-order valence-corrected chi connectivity index (χ4v) is 2.89. The summed E-state index contributed by atoms with van der Waals surface area (Å²) >= 11 is 0. The predicted octanol–water partition coefficient (Wildman–Crippen LogP) is 1.64. The Morgan fingerprint density at radius 2 is 2.04 bits per heavy atom. The summed E-state index contributed by atoms with van der Waals surface area (Å²) in [6.45, 7) is 5.79. The normalized spacial score (nSPS) is 19.4. The third kappa shape index (κ3) is 4.45. The van der Waals surface area contributed by atoms with Crippen molar-refractivity contribution in [3.8, 4) is 5.75 Å². The number of anilines is 1. The molecule has 0 bridgehead atoms. The van der Waals surface area contributed by atoms with Crippen molar-refractivity contribution < 1.29 is 14.3 Å². The maximum Gasteiger partial charge on any atom is 0.269 e. The highest BCUT2D eigenvalue weighted by molar-refractivity contribution is 5.90. The van der Waals surface area contributed by atoms with Crippen LogP contribution >= 0.6 is 0 Å². The van der Waals surface area contributed by atoms with E-state index >= 15 is 0 Å². The number of aromatic nitrogens is 2. The first-order valence-electron chi connectivity index (χ1n) is 8.17. The van der Waals surface area contributed by atoms with Gasteiger partial charge in [-0.15, -0.1) is 10.2 Å². The number of nitrogens with zero attached hydrogens (tertiary/aromatic N) is 3. The highest BCUT2D eigenvalue weighted by atomic mass is 16.5. The fourth-order valence-electron chi connectivity index (χ4n) is 2.89. The number of hydrogen-bond donors (Lipinski definition) is 1. The van der Waals surface area contributed by atoms with Gasteiger partial charge in [0.15, 0.2) is 11.5 Å². The number of carbonyl (C=O) groups excluding carboxylic acids is 1. The summed E-state index contributed by atoms with van der Waals surface area (Å²) in [4.78, 5) is 13.2. The van der Waals surface area contributed by atoms with Gasteiger partial charge in [0.05, 0.1) is 5.60 Å². The number of carbonyl (C=O) groups is 1. The number of para-hydroxylation sites is 1. The molecule has 0 aliphatic carbocycles. The molecule has 0 radical (unpaired) electrons. The third-order valence-electron chi connectivity index (χ3n) is 3.89. The number of primary amides is 1. The second-order valence-electron chi connectivity index (χ2n) is 6.65. The molecule has 1 saturated heterocycles. The molecule has 1 atom stereocenters. The van der Waals surface area contributed by atoms with Gasteiger partial charge in [0.25, 0.3) is 5.91 Å². The molecule has 7 nitrogen and oxygen atoms in total. The van der Waals surface area contributed by atoms with Gasteiger partial charge in [-0.3, -0.25) is 4.79 Å². The molecule has 1 aliphatic rings. The number of hydrogen-bond acceptors (Lipinski definition) is 6. The van der Waals surface area contributed by atoms with Crippen LogP contribution < -0.4 is 15.4 Å². The molecule has 7 heteroatoms. The number of amides is 1. The van der Waals surface area contributed by atoms with Crippen molar-refractivity contribution in [2.24, 2.45) is 5.73 Å². The number of benzene rings is 1. The molecule has 0 saturated carbocycles. The van der Waals surface area contributed by atoms with E-state index in [0.717, 1.165) is 5.75 Å². The molecule has 1 aromatic heterocycles. The van der Waals surface area contributed by atoms with Crippen LogP contribution in [0.25, 0.3) is 0 Å². The van der Waals surface area contributed by atoms with Gasteiger partial charge in [-0.1, -0.05) is 18.2 Å². The van der Waals surface area contributed by atoms with Gasteiger partial charge in [-0.05, 0) is 38.1 Å². The summed E-state index contributed by atoms with van der Waals surface area (Å²) in [5.74, 6) is 0.910. The first-order valence-corrected chi connectivity index (χ1v) is 8.17. The van der Waals surface area contributed by atoms with E-state index in [4.69, 9.17) is 15.2 Å². The largest absolute Gasteiger partial charge is 0.491 e. The fraction of sp³-hybridized carbons (Fsp3) is 0.389. The van der Waals surface area contributed by atoms with Crippen molar-refractivity contribution in [2.45, 2.75) is 25.6 Å². The minimum absolute atomic E-state index is 0.110. The van der Waals surface area contributed by atoms with E-state index in [1.807, 2.05) is 44.2 Å². The van der Waals surface area contributed by atoms with Crippen LogP contribution in [0.2, 0.25) is 0 Å². The molecule has 1 fully saturated rings. The van der Waals surface area contributed by atoms with Crippen LogP contribution in [0.5, 0.6) is 5.75 Å². The Labute approximate surface area is 146 Å². The lowest BCUT2D eigenvalue weighted by atomic mass is 10.1. The quantitative estimate of drug-likeness (QED) is 0.888. The van der Waals surface area contributed by atoms with Crippen LogP contribution in [0, 0.1) is 0 Å². The zero-order valence-corrected chi connectivity index (χ0v) is 14.4. The molecule has 3 rings (SSSR count). The summed E-state index contributed by atoms with van der Waals surface area (Å²) in [5, 5.41) is 8.00. The maximum atomic E-state index is 11.1. The van der Waals surface area contributed by atoms with Crippen LogP contribution in [-0.4, -0.2) is 47.5 Å². The smallest absolute Gasteiger partial charge is 0.269 e. The van der Waals surface area contributed by atoms with E-state index in [1.54, 1.807) is 12.1 Å². The molecule has 0 unspecified atom stereocenters. The summed E-state index contributed by atoms with van der Waals surface area (Å²) in [6.07, 6.45) is -0.110. The van der Waals surface area contributed by atoms with Crippen molar-refractivity contribution in [2.75, 3.05) is 24.6 Å². The molecule has 2 heterocycles. The highest BCUT2D eigenvalue weighted by Crippen LogP contribution is 2.25. The Morgan fingerprint density at radius 1 is 1.28 bits per heavy atom. The van der Waals surface area contributed by atoms with E-state index < -0.39 is 5.91 Å². The lowest BCUT2D eigenvalue weighted by molar-refractivity contribution is -0.0972. The second kappa shape index (κ2) is 7.06. The van der Waals surface area contributed by atoms with Crippen LogP contribution in [0.1, 0.15) is 24.3 Å². The molecule has 0 spiro atoms. The number of ether oxygens (including phenoxy) is 2. The van der Waals surface area contributed by atoms with Gasteiger partial charge < -0.3 is 20.1 Å². The standard InChI is InChI=1S/C18H22N4O3/c1-18(2)12-22(16-9-8-15(17(19)23)20-21-16)10-14(25-18)11-24-13-6-4-3-5-7-13/h3-9,14H,10-12H2,1-2H3,(H2,19,23)/t14-/m1/s1. The van der Waals surface area contributed by atoms with Gasteiger partial charge in [0.1, 0.15) is 18.5 Å². The third-order valence-corrected chi connectivity index (χ3v) is 3.89. The number of nitrogens with two attached hydrogens (primary N) is 1. The van der Waals surface area contributed by atoms with E-state index in [2.05, 4.69) is 15.1 Å². The van der Waals surface area contributed by atoms with E-state index in [0.29, 0.717) is 25.5 Å². The Kier molecular flexibility index (Phi) is 4.85. The van der Waals surface area contributed by atoms with Gasteiger partial charge >= 0.3 is 0 Å². The van der Waals surface area contributed by atoms with Crippen molar-refractivity contribution in [1.29, 1.82) is 0 Å². The minimum atomic E-state index is -0.588. The molecule has 25 heavy (non-hydrogen) atoms. The predicted molar refractivity (Wildman–Crippen MR) is 93.7 cm³/mol. The van der Waals surface area contributed by atoms with Gasteiger partial charge in [-0.2, -0.15) is 0 Å². The Morgan fingerprint density at radius 3 is 2.68 bits per heavy atom. The average molecular weight is 342 g/mol. The van der Waals surface area contributed by atoms with Crippen molar-refractivity contribution in [3.63, 3.8) is 0 Å². The Hall–Kier alpha value is -2.67. The highest BCUT2D eigenvalue weighted by Gasteiger charge is 2.34. The monoisotopic (exact) mass is 342 g/mol. The molecule has 1 amide bonds. The molecule has 2 aromatic rings. The SMILES string of the molecule is CC1(C)CN(c2ccc(C(N)=O)nn2)C[C@H](COc2ccccc2)O1. The molecule has 2 N–H and O–H groups in total. The second-order valence-corrected chi connectivity index (χ2v) is 6.65. The molecule has 1 aliphatic heterocycles. The molecular formula is C18H22N4O3. The lowest BCUT2D eigenvalue weighted by Crippen LogP contribution is -2.54. The summed E-state index contributed by atoms with van der Waals surface area (Å²) < 4.78 is 11.9. The topological polar surface area (TPSA) is 90.6 Å². The zero-order valence-electron chi connectivity index (χ0n) is 14.4.